The molecule has 4 heteroatoms. The maximum Gasteiger partial charge on any atom is 0.254 e. The van der Waals surface area contributed by atoms with Gasteiger partial charge in [0.2, 0.25) is 0 Å². The van der Waals surface area contributed by atoms with Crippen LogP contribution in [-0.2, 0) is 0 Å². The molecular weight excluding hydrogens is 190 g/mol. The molecule has 0 atom stereocenters. The van der Waals surface area contributed by atoms with Gasteiger partial charge in [0.1, 0.15) is 5.82 Å². The molecule has 1 aromatic heterocycles. The molecule has 0 saturated carbocycles. The molecule has 15 heavy (non-hydrogen) atoms. The van der Waals surface area contributed by atoms with E-state index < -0.39 is 0 Å². The molecule has 0 saturated heterocycles. The number of rotatable bonds is 4. The van der Waals surface area contributed by atoms with Crippen LogP contribution < -0.4 is 5.32 Å². The second-order valence-corrected chi connectivity index (χ2v) is 3.15. The highest BCUT2D eigenvalue weighted by Gasteiger charge is 2.10. The van der Waals surface area contributed by atoms with Gasteiger partial charge < -0.3 is 10.2 Å². The number of nitrogens with one attached hydrogen (secondary N) is 1. The Hall–Kier alpha value is -1.84. The van der Waals surface area contributed by atoms with E-state index in [2.05, 4.69) is 16.9 Å². The lowest BCUT2D eigenvalue weighted by Crippen LogP contribution is -2.26. The molecule has 0 fully saturated rings. The lowest BCUT2D eigenvalue weighted by atomic mass is 10.2. The van der Waals surface area contributed by atoms with Crippen molar-refractivity contribution in [2.24, 2.45) is 0 Å². The second kappa shape index (κ2) is 5.14. The number of nitrogens with zero attached hydrogens (tertiary/aromatic N) is 2. The van der Waals surface area contributed by atoms with E-state index in [1.807, 2.05) is 0 Å². The lowest BCUT2D eigenvalue weighted by Gasteiger charge is -2.14. The molecule has 1 heterocycles. The topological polar surface area (TPSA) is 45.2 Å². The minimum Gasteiger partial charge on any atom is -0.373 e. The summed E-state index contributed by atoms with van der Waals surface area (Å²) in [5.41, 5.74) is 0.624. The van der Waals surface area contributed by atoms with Crippen molar-refractivity contribution < 1.29 is 4.79 Å². The third-order valence-corrected chi connectivity index (χ3v) is 2.01. The van der Waals surface area contributed by atoms with Gasteiger partial charge in [-0.3, -0.25) is 4.79 Å². The molecule has 0 unspecified atom stereocenters. The molecule has 0 aliphatic carbocycles. The van der Waals surface area contributed by atoms with E-state index in [4.69, 9.17) is 0 Å². The van der Waals surface area contributed by atoms with Gasteiger partial charge in [0, 0.05) is 32.4 Å². The van der Waals surface area contributed by atoms with Crippen molar-refractivity contribution >= 4 is 11.7 Å². The van der Waals surface area contributed by atoms with Crippen LogP contribution in [0.3, 0.4) is 0 Å². The number of hydrogen-bond donors (Lipinski definition) is 1. The fourth-order valence-electron chi connectivity index (χ4n) is 1.20. The zero-order chi connectivity index (χ0) is 11.3. The molecule has 0 spiro atoms. The lowest BCUT2D eigenvalue weighted by molar-refractivity contribution is 0.0810. The molecule has 0 aromatic carbocycles. The summed E-state index contributed by atoms with van der Waals surface area (Å²) < 4.78 is 0. The number of likely N-dealkylation sites (N-methyl/N-ethyl adjacent to an activating group) is 1. The van der Waals surface area contributed by atoms with Gasteiger partial charge in [-0.2, -0.15) is 0 Å². The molecule has 4 nitrogen and oxygen atoms in total. The molecule has 1 amide bonds. The van der Waals surface area contributed by atoms with E-state index in [9.17, 15) is 4.79 Å². The van der Waals surface area contributed by atoms with Gasteiger partial charge in [-0.15, -0.1) is 6.58 Å². The van der Waals surface area contributed by atoms with E-state index in [1.54, 1.807) is 43.4 Å². The number of amides is 1. The van der Waals surface area contributed by atoms with E-state index in [-0.39, 0.29) is 5.91 Å². The Balaban J connectivity index is 2.85. The third kappa shape index (κ3) is 2.80. The van der Waals surface area contributed by atoms with Crippen molar-refractivity contribution in [2.45, 2.75) is 0 Å². The Bertz CT molecular complexity index is 363. The molecule has 0 aliphatic heterocycles. The van der Waals surface area contributed by atoms with Crippen molar-refractivity contribution in [3.63, 3.8) is 0 Å². The van der Waals surface area contributed by atoms with Crippen molar-refractivity contribution in [1.82, 2.24) is 9.88 Å². The van der Waals surface area contributed by atoms with Crippen molar-refractivity contribution in [2.75, 3.05) is 26.0 Å². The van der Waals surface area contributed by atoms with E-state index >= 15 is 0 Å². The predicted octanol–water partition coefficient (Wildman–Crippen LogP) is 1.38. The first-order chi connectivity index (χ1) is 7.19. The summed E-state index contributed by atoms with van der Waals surface area (Å²) in [6, 6.07) is 3.42. The third-order valence-electron chi connectivity index (χ3n) is 2.01. The summed E-state index contributed by atoms with van der Waals surface area (Å²) in [7, 11) is 3.51. The first-order valence-corrected chi connectivity index (χ1v) is 4.69. The molecule has 1 rings (SSSR count). The van der Waals surface area contributed by atoms with Crippen LogP contribution in [-0.4, -0.2) is 36.4 Å². The molecule has 80 valence electrons. The molecule has 0 radical (unpaired) electrons. The number of carbonyl (C=O) groups excluding carboxylic acids is 1. The number of aromatic nitrogens is 1. The van der Waals surface area contributed by atoms with Crippen LogP contribution in [0.25, 0.3) is 0 Å². The number of carbonyl (C=O) groups is 1. The van der Waals surface area contributed by atoms with Crippen LogP contribution in [0.15, 0.2) is 31.0 Å². The Morgan fingerprint density at radius 3 is 3.07 bits per heavy atom. The zero-order valence-electron chi connectivity index (χ0n) is 9.03. The summed E-state index contributed by atoms with van der Waals surface area (Å²) in [6.45, 7) is 4.13. The monoisotopic (exact) mass is 205 g/mol. The van der Waals surface area contributed by atoms with E-state index in [0.29, 0.717) is 17.9 Å². The van der Waals surface area contributed by atoms with Gasteiger partial charge in [0.25, 0.3) is 5.91 Å². The Kier molecular flexibility index (Phi) is 3.85. The minimum atomic E-state index is -0.0335. The molecular formula is C11H15N3O. The summed E-state index contributed by atoms with van der Waals surface area (Å²) in [4.78, 5) is 17.5. The largest absolute Gasteiger partial charge is 0.373 e. The second-order valence-electron chi connectivity index (χ2n) is 3.15. The Labute approximate surface area is 89.6 Å². The quantitative estimate of drug-likeness (QED) is 0.755. The molecule has 1 aromatic rings. The maximum atomic E-state index is 11.8. The number of pyridine rings is 1. The van der Waals surface area contributed by atoms with Crippen molar-refractivity contribution in [1.29, 1.82) is 0 Å². The number of anilines is 1. The van der Waals surface area contributed by atoms with E-state index in [0.717, 1.165) is 0 Å². The summed E-state index contributed by atoms with van der Waals surface area (Å²) in [5.74, 6) is 0.654. The molecule has 0 bridgehead atoms. The maximum absolute atomic E-state index is 11.8. The van der Waals surface area contributed by atoms with Crippen LogP contribution in [0.1, 0.15) is 10.4 Å². The minimum absolute atomic E-state index is 0.0335. The normalized spacial score (nSPS) is 9.47. The predicted molar refractivity (Wildman–Crippen MR) is 60.9 cm³/mol. The molecule has 1 N–H and O–H groups in total. The highest BCUT2D eigenvalue weighted by molar-refractivity contribution is 5.94. The first kappa shape index (κ1) is 11.2. The standard InChI is InChI=1S/C11H15N3O/c1-4-7-14(3)11(15)9-5-6-13-10(8-9)12-2/h4-6,8H,1,7H2,2-3H3,(H,12,13). The highest BCUT2D eigenvalue weighted by atomic mass is 16.2. The fraction of sp³-hybridized carbons (Fsp3) is 0.273. The zero-order valence-corrected chi connectivity index (χ0v) is 9.03. The van der Waals surface area contributed by atoms with Crippen molar-refractivity contribution in [3.8, 4) is 0 Å². The summed E-state index contributed by atoms with van der Waals surface area (Å²) in [5, 5.41) is 2.89. The van der Waals surface area contributed by atoms with Crippen LogP contribution in [0, 0.1) is 0 Å². The van der Waals surface area contributed by atoms with Crippen molar-refractivity contribution in [3.05, 3.63) is 36.5 Å². The van der Waals surface area contributed by atoms with Gasteiger partial charge in [0.15, 0.2) is 0 Å². The average molecular weight is 205 g/mol. The van der Waals surface area contributed by atoms with Crippen LogP contribution >= 0.6 is 0 Å². The van der Waals surface area contributed by atoms with Gasteiger partial charge in [-0.1, -0.05) is 6.08 Å². The van der Waals surface area contributed by atoms with Crippen LogP contribution in [0.2, 0.25) is 0 Å². The SMILES string of the molecule is C=CCN(C)C(=O)c1ccnc(NC)c1. The Morgan fingerprint density at radius 1 is 1.73 bits per heavy atom. The van der Waals surface area contributed by atoms with E-state index in [1.165, 1.54) is 0 Å². The average Bonchev–Trinajstić information content (AvgIpc) is 2.28. The highest BCUT2D eigenvalue weighted by Crippen LogP contribution is 2.08. The van der Waals surface area contributed by atoms with Crippen LogP contribution in [0.4, 0.5) is 5.82 Å². The van der Waals surface area contributed by atoms with Gasteiger partial charge in [0.05, 0.1) is 0 Å². The number of hydrogen-bond acceptors (Lipinski definition) is 3. The fourth-order valence-corrected chi connectivity index (χ4v) is 1.20. The summed E-state index contributed by atoms with van der Waals surface area (Å²) >= 11 is 0. The van der Waals surface area contributed by atoms with Gasteiger partial charge >= 0.3 is 0 Å². The summed E-state index contributed by atoms with van der Waals surface area (Å²) in [6.07, 6.45) is 3.30. The Morgan fingerprint density at radius 2 is 2.47 bits per heavy atom. The smallest absolute Gasteiger partial charge is 0.254 e. The molecule has 0 aliphatic rings. The van der Waals surface area contributed by atoms with Gasteiger partial charge in [-0.25, -0.2) is 4.98 Å². The first-order valence-electron chi connectivity index (χ1n) is 4.69. The van der Waals surface area contributed by atoms with Gasteiger partial charge in [-0.05, 0) is 12.1 Å². The van der Waals surface area contributed by atoms with Crippen LogP contribution in [0.5, 0.6) is 0 Å².